The molecule has 0 atom stereocenters. The van der Waals surface area contributed by atoms with Gasteiger partial charge in [0.1, 0.15) is 4.21 Å². The number of ether oxygens (including phenoxy) is 1. The summed E-state index contributed by atoms with van der Waals surface area (Å²) in [7, 11) is -3.62. The molecule has 0 unspecified atom stereocenters. The molecule has 0 radical (unpaired) electrons. The predicted octanol–water partition coefficient (Wildman–Crippen LogP) is 2.11. The summed E-state index contributed by atoms with van der Waals surface area (Å²) in [5, 5.41) is 0. The third kappa shape index (κ3) is 3.72. The van der Waals surface area contributed by atoms with Crippen molar-refractivity contribution in [3.8, 4) is 5.88 Å². The van der Waals surface area contributed by atoms with Crippen LogP contribution in [0.5, 0.6) is 5.88 Å². The van der Waals surface area contributed by atoms with Crippen molar-refractivity contribution >= 4 is 27.0 Å². The lowest BCUT2D eigenvalue weighted by Crippen LogP contribution is -2.11. The number of rotatable bonds is 6. The van der Waals surface area contributed by atoms with Gasteiger partial charge in [0.15, 0.2) is 0 Å². The maximum absolute atomic E-state index is 12.3. The van der Waals surface area contributed by atoms with E-state index in [1.165, 1.54) is 17.5 Å². The molecule has 3 N–H and O–H groups in total. The molecule has 0 aliphatic heterocycles. The second kappa shape index (κ2) is 6.42. The Morgan fingerprint density at radius 3 is 2.71 bits per heavy atom. The van der Waals surface area contributed by atoms with E-state index in [1.807, 2.05) is 13.8 Å². The van der Waals surface area contributed by atoms with Gasteiger partial charge in [0.05, 0.1) is 18.5 Å². The number of anilines is 1. The molecular weight excluding hydrogens is 310 g/mol. The van der Waals surface area contributed by atoms with Gasteiger partial charge >= 0.3 is 0 Å². The Morgan fingerprint density at radius 2 is 2.19 bits per heavy atom. The molecule has 0 spiro atoms. The van der Waals surface area contributed by atoms with Gasteiger partial charge in [0, 0.05) is 17.5 Å². The van der Waals surface area contributed by atoms with E-state index < -0.39 is 10.0 Å². The fourth-order valence-electron chi connectivity index (χ4n) is 1.70. The number of nitrogens with two attached hydrogens (primary N) is 1. The summed E-state index contributed by atoms with van der Waals surface area (Å²) in [4.78, 5) is 4.88. The lowest BCUT2D eigenvalue weighted by molar-refractivity contribution is 0.327. The van der Waals surface area contributed by atoms with Crippen LogP contribution in [0.4, 0.5) is 5.69 Å². The number of sulfonamides is 1. The molecule has 2 heterocycles. The molecule has 2 aromatic heterocycles. The minimum Gasteiger partial charge on any atom is -0.478 e. The van der Waals surface area contributed by atoms with Gasteiger partial charge in [0.2, 0.25) is 5.88 Å². The topological polar surface area (TPSA) is 94.3 Å². The fraction of sp³-hybridized carbons (Fsp3) is 0.308. The van der Waals surface area contributed by atoms with Gasteiger partial charge in [-0.2, -0.15) is 0 Å². The van der Waals surface area contributed by atoms with Gasteiger partial charge in [-0.1, -0.05) is 0 Å². The Labute approximate surface area is 128 Å². The summed E-state index contributed by atoms with van der Waals surface area (Å²) in [6.07, 6.45) is 1.42. The molecule has 6 nitrogen and oxygen atoms in total. The van der Waals surface area contributed by atoms with E-state index in [0.29, 0.717) is 24.7 Å². The lowest BCUT2D eigenvalue weighted by Gasteiger charge is -2.07. The van der Waals surface area contributed by atoms with Gasteiger partial charge in [-0.25, -0.2) is 13.4 Å². The molecule has 0 saturated heterocycles. The van der Waals surface area contributed by atoms with Gasteiger partial charge in [0.25, 0.3) is 10.0 Å². The highest BCUT2D eigenvalue weighted by atomic mass is 32.2. The highest BCUT2D eigenvalue weighted by Crippen LogP contribution is 2.27. The van der Waals surface area contributed by atoms with Crippen LogP contribution in [0.15, 0.2) is 28.6 Å². The van der Waals surface area contributed by atoms with Crippen molar-refractivity contribution in [3.05, 3.63) is 34.8 Å². The van der Waals surface area contributed by atoms with E-state index in [-0.39, 0.29) is 4.21 Å². The highest BCUT2D eigenvalue weighted by Gasteiger charge is 2.18. The van der Waals surface area contributed by atoms with Crippen LogP contribution in [-0.2, 0) is 16.6 Å². The third-order valence-corrected chi connectivity index (χ3v) is 5.84. The molecule has 2 aromatic rings. The lowest BCUT2D eigenvalue weighted by atomic mass is 10.3. The van der Waals surface area contributed by atoms with Gasteiger partial charge in [-0.3, -0.25) is 4.72 Å². The maximum Gasteiger partial charge on any atom is 0.271 e. The third-order valence-electron chi connectivity index (χ3n) is 2.73. The zero-order valence-corrected chi connectivity index (χ0v) is 13.4. The normalized spacial score (nSPS) is 11.4. The number of nitrogens with one attached hydrogen (secondary N) is 1. The van der Waals surface area contributed by atoms with E-state index in [4.69, 9.17) is 10.5 Å². The van der Waals surface area contributed by atoms with Crippen LogP contribution in [0.25, 0.3) is 0 Å². The van der Waals surface area contributed by atoms with Crippen molar-refractivity contribution in [3.63, 3.8) is 0 Å². The molecular formula is C13H17N3O3S2. The van der Waals surface area contributed by atoms with Crippen molar-refractivity contribution in [1.29, 1.82) is 0 Å². The zero-order valence-electron chi connectivity index (χ0n) is 11.8. The SMILES string of the molecule is CCOc1ccc(NS(=O)(=O)c2cc(C)c(CN)s2)cn1. The first-order valence-electron chi connectivity index (χ1n) is 6.37. The van der Waals surface area contributed by atoms with Gasteiger partial charge < -0.3 is 10.5 Å². The monoisotopic (exact) mass is 327 g/mol. The molecule has 0 fully saturated rings. The van der Waals surface area contributed by atoms with E-state index in [2.05, 4.69) is 9.71 Å². The standard InChI is InChI=1S/C13H17N3O3S2/c1-3-19-12-5-4-10(8-15-12)16-21(17,18)13-6-9(2)11(7-14)20-13/h4-6,8,16H,3,7,14H2,1-2H3. The Bertz CT molecular complexity index is 709. The van der Waals surface area contributed by atoms with Gasteiger partial charge in [-0.05, 0) is 31.5 Å². The summed E-state index contributed by atoms with van der Waals surface area (Å²) >= 11 is 1.18. The molecule has 114 valence electrons. The molecule has 21 heavy (non-hydrogen) atoms. The van der Waals surface area contributed by atoms with Crippen molar-refractivity contribution in [2.45, 2.75) is 24.6 Å². The van der Waals surface area contributed by atoms with E-state index >= 15 is 0 Å². The van der Waals surface area contributed by atoms with Crippen molar-refractivity contribution in [1.82, 2.24) is 4.98 Å². The average Bonchev–Trinajstić information content (AvgIpc) is 2.83. The summed E-state index contributed by atoms with van der Waals surface area (Å²) in [5.74, 6) is 0.456. The molecule has 0 aromatic carbocycles. The Hall–Kier alpha value is -1.64. The quantitative estimate of drug-likeness (QED) is 0.847. The second-order valence-corrected chi connectivity index (χ2v) is 7.35. The van der Waals surface area contributed by atoms with E-state index in [1.54, 1.807) is 18.2 Å². The van der Waals surface area contributed by atoms with Crippen LogP contribution in [0.2, 0.25) is 0 Å². The number of nitrogens with zero attached hydrogens (tertiary/aromatic N) is 1. The highest BCUT2D eigenvalue weighted by molar-refractivity contribution is 7.94. The van der Waals surface area contributed by atoms with Crippen molar-refractivity contribution in [2.75, 3.05) is 11.3 Å². The van der Waals surface area contributed by atoms with E-state index in [9.17, 15) is 8.42 Å². The molecule has 0 bridgehead atoms. The summed E-state index contributed by atoms with van der Waals surface area (Å²) in [6.45, 7) is 4.54. The van der Waals surface area contributed by atoms with Crippen LogP contribution >= 0.6 is 11.3 Å². The molecule has 2 rings (SSSR count). The first kappa shape index (κ1) is 15.7. The van der Waals surface area contributed by atoms with Crippen LogP contribution in [0, 0.1) is 6.92 Å². The Balaban J connectivity index is 2.20. The van der Waals surface area contributed by atoms with Gasteiger partial charge in [-0.15, -0.1) is 11.3 Å². The molecule has 8 heteroatoms. The number of aromatic nitrogens is 1. The molecule has 0 saturated carbocycles. The minimum atomic E-state index is -3.62. The maximum atomic E-state index is 12.3. The Morgan fingerprint density at radius 1 is 1.43 bits per heavy atom. The number of pyridine rings is 1. The average molecular weight is 327 g/mol. The van der Waals surface area contributed by atoms with Crippen LogP contribution in [0.1, 0.15) is 17.4 Å². The molecule has 0 amide bonds. The first-order valence-corrected chi connectivity index (χ1v) is 8.67. The van der Waals surface area contributed by atoms with E-state index in [0.717, 1.165) is 10.4 Å². The van der Waals surface area contributed by atoms with Crippen LogP contribution in [-0.4, -0.2) is 20.0 Å². The van der Waals surface area contributed by atoms with Crippen molar-refractivity contribution in [2.24, 2.45) is 5.73 Å². The largest absolute Gasteiger partial charge is 0.478 e. The summed E-state index contributed by atoms with van der Waals surface area (Å²) in [6, 6.07) is 4.85. The predicted molar refractivity (Wildman–Crippen MR) is 83.2 cm³/mol. The number of hydrogen-bond acceptors (Lipinski definition) is 6. The zero-order chi connectivity index (χ0) is 15.5. The summed E-state index contributed by atoms with van der Waals surface area (Å²) in [5.41, 5.74) is 6.85. The van der Waals surface area contributed by atoms with Crippen molar-refractivity contribution < 1.29 is 13.2 Å². The fourth-order valence-corrected chi connectivity index (χ4v) is 4.21. The number of aryl methyl sites for hydroxylation is 1. The molecule has 0 aliphatic rings. The van der Waals surface area contributed by atoms with Crippen LogP contribution < -0.4 is 15.2 Å². The number of hydrogen-bond donors (Lipinski definition) is 2. The molecule has 0 aliphatic carbocycles. The minimum absolute atomic E-state index is 0.245. The first-order chi connectivity index (χ1) is 9.96. The second-order valence-electron chi connectivity index (χ2n) is 4.30. The summed E-state index contributed by atoms with van der Waals surface area (Å²) < 4.78 is 32.5. The Kier molecular flexibility index (Phi) is 4.81. The van der Waals surface area contributed by atoms with Crippen LogP contribution in [0.3, 0.4) is 0 Å². The smallest absolute Gasteiger partial charge is 0.271 e. The number of thiophene rings is 1.